The zero-order chi connectivity index (χ0) is 21.6. The van der Waals surface area contributed by atoms with Crippen LogP contribution in [0.3, 0.4) is 0 Å². The lowest BCUT2D eigenvalue weighted by Crippen LogP contribution is -2.28. The van der Waals surface area contributed by atoms with Crippen molar-refractivity contribution in [2.45, 2.75) is 18.0 Å². The summed E-state index contributed by atoms with van der Waals surface area (Å²) in [5, 5.41) is 7.32. The average molecular weight is 481 g/mol. The third kappa shape index (κ3) is 6.13. The SMILES string of the molecule is O=S(=O)(NCc1c(Cl)cccc1Cl)c1ccc(NC(=S)NCc2ccncc2)cc1. The Bertz CT molecular complexity index is 1110. The van der Waals surface area contributed by atoms with Gasteiger partial charge in [0.15, 0.2) is 5.11 Å². The van der Waals surface area contributed by atoms with Crippen LogP contribution in [0.1, 0.15) is 11.1 Å². The number of nitrogens with zero attached hydrogens (tertiary/aromatic N) is 1. The molecule has 3 rings (SSSR count). The van der Waals surface area contributed by atoms with Crippen LogP contribution < -0.4 is 15.4 Å². The van der Waals surface area contributed by atoms with Crippen molar-refractivity contribution in [3.63, 3.8) is 0 Å². The maximum Gasteiger partial charge on any atom is 0.240 e. The van der Waals surface area contributed by atoms with Crippen LogP contribution >= 0.6 is 35.4 Å². The summed E-state index contributed by atoms with van der Waals surface area (Å²) in [4.78, 5) is 4.08. The summed E-state index contributed by atoms with van der Waals surface area (Å²) in [6, 6.07) is 15.0. The Morgan fingerprint density at radius 3 is 2.20 bits per heavy atom. The fourth-order valence-corrected chi connectivity index (χ4v) is 4.24. The summed E-state index contributed by atoms with van der Waals surface area (Å²) in [6.45, 7) is 0.541. The molecule has 0 aliphatic carbocycles. The van der Waals surface area contributed by atoms with E-state index in [-0.39, 0.29) is 11.4 Å². The first-order chi connectivity index (χ1) is 14.3. The summed E-state index contributed by atoms with van der Waals surface area (Å²) in [5.74, 6) is 0. The molecule has 1 heterocycles. The Kier molecular flexibility index (Phi) is 7.63. The fraction of sp³-hybridized carbons (Fsp3) is 0.100. The molecule has 3 aromatic rings. The highest BCUT2D eigenvalue weighted by molar-refractivity contribution is 7.89. The van der Waals surface area contributed by atoms with Crippen molar-refractivity contribution >= 4 is 56.2 Å². The van der Waals surface area contributed by atoms with Gasteiger partial charge >= 0.3 is 0 Å². The van der Waals surface area contributed by atoms with Crippen molar-refractivity contribution < 1.29 is 8.42 Å². The van der Waals surface area contributed by atoms with Crippen LogP contribution in [-0.4, -0.2) is 18.5 Å². The first-order valence-electron chi connectivity index (χ1n) is 8.81. The van der Waals surface area contributed by atoms with Crippen LogP contribution in [-0.2, 0) is 23.1 Å². The third-order valence-corrected chi connectivity index (χ3v) is 6.50. The molecular weight excluding hydrogens is 463 g/mol. The van der Waals surface area contributed by atoms with Crippen molar-refractivity contribution in [3.8, 4) is 0 Å². The highest BCUT2D eigenvalue weighted by atomic mass is 35.5. The van der Waals surface area contributed by atoms with Crippen molar-refractivity contribution in [1.82, 2.24) is 15.0 Å². The highest BCUT2D eigenvalue weighted by Gasteiger charge is 2.15. The minimum atomic E-state index is -3.73. The molecule has 0 radical (unpaired) electrons. The van der Waals surface area contributed by atoms with E-state index >= 15 is 0 Å². The van der Waals surface area contributed by atoms with E-state index in [0.29, 0.717) is 33.0 Å². The van der Waals surface area contributed by atoms with E-state index in [0.717, 1.165) is 5.56 Å². The number of anilines is 1. The number of rotatable bonds is 7. The van der Waals surface area contributed by atoms with E-state index in [1.807, 2.05) is 12.1 Å². The Hall–Kier alpha value is -2.23. The lowest BCUT2D eigenvalue weighted by molar-refractivity contribution is 0.581. The molecule has 10 heteroatoms. The first kappa shape index (κ1) is 22.5. The van der Waals surface area contributed by atoms with Crippen molar-refractivity contribution in [2.24, 2.45) is 0 Å². The van der Waals surface area contributed by atoms with E-state index in [9.17, 15) is 8.42 Å². The number of halogens is 2. The van der Waals surface area contributed by atoms with E-state index < -0.39 is 10.0 Å². The second-order valence-electron chi connectivity index (χ2n) is 6.21. The molecule has 0 spiro atoms. The molecule has 6 nitrogen and oxygen atoms in total. The molecule has 2 aromatic carbocycles. The van der Waals surface area contributed by atoms with Crippen molar-refractivity contribution in [3.05, 3.63) is 88.2 Å². The monoisotopic (exact) mass is 480 g/mol. The lowest BCUT2D eigenvalue weighted by atomic mass is 10.2. The smallest absolute Gasteiger partial charge is 0.240 e. The number of sulfonamides is 1. The molecule has 0 aliphatic heterocycles. The maximum absolute atomic E-state index is 12.6. The minimum Gasteiger partial charge on any atom is -0.358 e. The van der Waals surface area contributed by atoms with E-state index in [2.05, 4.69) is 20.3 Å². The van der Waals surface area contributed by atoms with Gasteiger partial charge in [-0.25, -0.2) is 13.1 Å². The molecule has 0 aliphatic rings. The van der Waals surface area contributed by atoms with Crippen LogP contribution in [0.2, 0.25) is 10.0 Å². The van der Waals surface area contributed by atoms with Crippen LogP contribution in [0, 0.1) is 0 Å². The zero-order valence-corrected chi connectivity index (χ0v) is 18.7. The predicted octanol–water partition coefficient (Wildman–Crippen LogP) is 4.35. The number of aromatic nitrogens is 1. The first-order valence-corrected chi connectivity index (χ1v) is 11.5. The van der Waals surface area contributed by atoms with Crippen LogP contribution in [0.15, 0.2) is 71.9 Å². The van der Waals surface area contributed by atoms with E-state index in [1.165, 1.54) is 12.1 Å². The highest BCUT2D eigenvalue weighted by Crippen LogP contribution is 2.24. The standard InChI is InChI=1S/C20H18Cl2N4O2S2/c21-18-2-1-3-19(22)17(18)13-25-30(27,28)16-6-4-15(5-7-16)26-20(29)24-12-14-8-10-23-11-9-14/h1-11,25H,12-13H2,(H2,24,26,29). The molecule has 0 amide bonds. The summed E-state index contributed by atoms with van der Waals surface area (Å²) >= 11 is 17.4. The van der Waals surface area contributed by atoms with Crippen molar-refractivity contribution in [1.29, 1.82) is 0 Å². The summed E-state index contributed by atoms with van der Waals surface area (Å²) in [7, 11) is -3.73. The van der Waals surface area contributed by atoms with Gasteiger partial charge in [0.05, 0.1) is 4.90 Å². The van der Waals surface area contributed by atoms with Gasteiger partial charge in [0.25, 0.3) is 0 Å². The normalized spacial score (nSPS) is 11.1. The largest absolute Gasteiger partial charge is 0.358 e. The molecule has 156 valence electrons. The van der Waals surface area contributed by atoms with Gasteiger partial charge in [-0.05, 0) is 66.3 Å². The Balaban J connectivity index is 1.58. The number of hydrogen-bond donors (Lipinski definition) is 3. The van der Waals surface area contributed by atoms with Gasteiger partial charge in [0.1, 0.15) is 0 Å². The topological polar surface area (TPSA) is 83.1 Å². The van der Waals surface area contributed by atoms with Crippen LogP contribution in [0.4, 0.5) is 5.69 Å². The Morgan fingerprint density at radius 2 is 1.57 bits per heavy atom. The molecule has 30 heavy (non-hydrogen) atoms. The van der Waals surface area contributed by atoms with Gasteiger partial charge < -0.3 is 10.6 Å². The van der Waals surface area contributed by atoms with Gasteiger partial charge in [-0.2, -0.15) is 0 Å². The van der Waals surface area contributed by atoms with Crippen molar-refractivity contribution in [2.75, 3.05) is 5.32 Å². The molecule has 0 atom stereocenters. The van der Waals surface area contributed by atoms with Crippen LogP contribution in [0.25, 0.3) is 0 Å². The van der Waals surface area contributed by atoms with Gasteiger partial charge in [0.2, 0.25) is 10.0 Å². The molecular formula is C20H18Cl2N4O2S2. The molecule has 0 bridgehead atoms. The number of pyridine rings is 1. The zero-order valence-electron chi connectivity index (χ0n) is 15.6. The second kappa shape index (κ2) is 10.2. The molecule has 3 N–H and O–H groups in total. The van der Waals surface area contributed by atoms with E-state index in [1.54, 1.807) is 42.7 Å². The molecule has 0 saturated heterocycles. The number of nitrogens with one attached hydrogen (secondary N) is 3. The second-order valence-corrected chi connectivity index (χ2v) is 9.20. The minimum absolute atomic E-state index is 0.0101. The molecule has 0 unspecified atom stereocenters. The van der Waals surface area contributed by atoms with Gasteiger partial charge in [-0.1, -0.05) is 29.3 Å². The fourth-order valence-electron chi connectivity index (χ4n) is 2.53. The Morgan fingerprint density at radius 1 is 0.933 bits per heavy atom. The number of hydrogen-bond acceptors (Lipinski definition) is 4. The quantitative estimate of drug-likeness (QED) is 0.436. The molecule has 0 saturated carbocycles. The predicted molar refractivity (Wildman–Crippen MR) is 124 cm³/mol. The third-order valence-electron chi connectivity index (χ3n) is 4.13. The van der Waals surface area contributed by atoms with Gasteiger partial charge in [-0.3, -0.25) is 4.98 Å². The van der Waals surface area contributed by atoms with Crippen LogP contribution in [0.5, 0.6) is 0 Å². The van der Waals surface area contributed by atoms with Gasteiger partial charge in [-0.15, -0.1) is 0 Å². The number of benzene rings is 2. The van der Waals surface area contributed by atoms with E-state index in [4.69, 9.17) is 35.4 Å². The number of thiocarbonyl (C=S) groups is 1. The Labute approximate surface area is 190 Å². The average Bonchev–Trinajstić information content (AvgIpc) is 2.73. The molecule has 1 aromatic heterocycles. The summed E-state index contributed by atoms with van der Waals surface area (Å²) < 4.78 is 27.6. The lowest BCUT2D eigenvalue weighted by Gasteiger charge is -2.12. The summed E-state index contributed by atoms with van der Waals surface area (Å²) in [6.07, 6.45) is 3.42. The summed E-state index contributed by atoms with van der Waals surface area (Å²) in [5.41, 5.74) is 2.23. The molecule has 0 fully saturated rings. The van der Waals surface area contributed by atoms with Gasteiger partial charge in [0, 0.05) is 46.8 Å². The maximum atomic E-state index is 12.6.